The van der Waals surface area contributed by atoms with Crippen LogP contribution in [-0.4, -0.2) is 32.8 Å². The Bertz CT molecular complexity index is 442. The van der Waals surface area contributed by atoms with Crippen LogP contribution in [0.5, 0.6) is 0 Å². The Morgan fingerprint density at radius 3 is 2.62 bits per heavy atom. The average Bonchev–Trinajstić information content (AvgIpc) is 2.47. The maximum absolute atomic E-state index is 5.44. The third kappa shape index (κ3) is 4.97. The predicted molar refractivity (Wildman–Crippen MR) is 92.9 cm³/mol. The summed E-state index contributed by atoms with van der Waals surface area (Å²) in [6.07, 6.45) is 2.65. The lowest BCUT2D eigenvalue weighted by Gasteiger charge is -2.33. The number of benzene rings is 1. The van der Waals surface area contributed by atoms with Gasteiger partial charge in [0, 0.05) is 31.2 Å². The summed E-state index contributed by atoms with van der Waals surface area (Å²) in [4.78, 5) is 2.45. The molecule has 0 spiro atoms. The minimum absolute atomic E-state index is 0.430. The lowest BCUT2D eigenvalue weighted by atomic mass is 10.1. The van der Waals surface area contributed by atoms with Crippen molar-refractivity contribution in [3.63, 3.8) is 0 Å². The molecule has 0 saturated carbocycles. The zero-order chi connectivity index (χ0) is 15.2. The van der Waals surface area contributed by atoms with E-state index >= 15 is 0 Å². The van der Waals surface area contributed by atoms with Crippen LogP contribution < -0.4 is 10.2 Å². The van der Waals surface area contributed by atoms with Gasteiger partial charge in [-0.3, -0.25) is 0 Å². The van der Waals surface area contributed by atoms with Gasteiger partial charge in [0.1, 0.15) is 0 Å². The van der Waals surface area contributed by atoms with Gasteiger partial charge in [0.05, 0.1) is 11.8 Å². The van der Waals surface area contributed by atoms with E-state index in [1.807, 2.05) is 7.11 Å². The molecular formula is C17H27BrN2O. The minimum Gasteiger partial charge on any atom is -0.381 e. The number of piperidine rings is 1. The topological polar surface area (TPSA) is 24.5 Å². The molecule has 1 fully saturated rings. The summed E-state index contributed by atoms with van der Waals surface area (Å²) in [5, 5.41) is 3.49. The summed E-state index contributed by atoms with van der Waals surface area (Å²) in [6.45, 7) is 8.60. The average molecular weight is 355 g/mol. The van der Waals surface area contributed by atoms with E-state index in [0.29, 0.717) is 12.0 Å². The largest absolute Gasteiger partial charge is 0.381 e. The van der Waals surface area contributed by atoms with Crippen molar-refractivity contribution in [3.8, 4) is 0 Å². The molecule has 1 heterocycles. The standard InChI is InChI=1S/C17H27BrN2O/c1-13(2)11-19-12-14-4-5-17(16(18)10-14)20-8-6-15(21-3)7-9-20/h4-5,10,13,15,19H,6-9,11-12H2,1-3H3. The van der Waals surface area contributed by atoms with E-state index < -0.39 is 0 Å². The quantitative estimate of drug-likeness (QED) is 0.840. The highest BCUT2D eigenvalue weighted by Gasteiger charge is 2.20. The summed E-state index contributed by atoms with van der Waals surface area (Å²) in [5.74, 6) is 0.690. The number of nitrogens with one attached hydrogen (secondary N) is 1. The molecule has 1 aliphatic heterocycles. The number of hydrogen-bond donors (Lipinski definition) is 1. The van der Waals surface area contributed by atoms with Crippen molar-refractivity contribution in [2.75, 3.05) is 31.6 Å². The smallest absolute Gasteiger partial charge is 0.0605 e. The van der Waals surface area contributed by atoms with E-state index in [4.69, 9.17) is 4.74 Å². The maximum Gasteiger partial charge on any atom is 0.0605 e. The highest BCUT2D eigenvalue weighted by Crippen LogP contribution is 2.30. The second kappa shape index (κ2) is 8.16. The zero-order valence-corrected chi connectivity index (χ0v) is 14.9. The van der Waals surface area contributed by atoms with Crippen LogP contribution >= 0.6 is 15.9 Å². The number of methoxy groups -OCH3 is 1. The molecule has 21 heavy (non-hydrogen) atoms. The molecule has 4 heteroatoms. The van der Waals surface area contributed by atoms with Gasteiger partial charge in [0.25, 0.3) is 0 Å². The molecule has 1 saturated heterocycles. The van der Waals surface area contributed by atoms with Crippen molar-refractivity contribution in [1.82, 2.24) is 5.32 Å². The summed E-state index contributed by atoms with van der Waals surface area (Å²) < 4.78 is 6.64. The molecule has 118 valence electrons. The number of rotatable bonds is 6. The van der Waals surface area contributed by atoms with E-state index in [0.717, 1.165) is 39.0 Å². The SMILES string of the molecule is COC1CCN(c2ccc(CNCC(C)C)cc2Br)CC1. The van der Waals surface area contributed by atoms with Crippen LogP contribution in [0.15, 0.2) is 22.7 Å². The molecular weight excluding hydrogens is 328 g/mol. The predicted octanol–water partition coefficient (Wildman–Crippen LogP) is 3.81. The van der Waals surface area contributed by atoms with Crippen LogP contribution in [0.3, 0.4) is 0 Å². The van der Waals surface area contributed by atoms with Gasteiger partial charge in [0.2, 0.25) is 0 Å². The molecule has 2 rings (SSSR count). The van der Waals surface area contributed by atoms with Crippen LogP contribution in [0.1, 0.15) is 32.3 Å². The Kier molecular flexibility index (Phi) is 6.52. The molecule has 0 atom stereocenters. The van der Waals surface area contributed by atoms with E-state index in [1.54, 1.807) is 0 Å². The van der Waals surface area contributed by atoms with Gasteiger partial charge in [-0.05, 0) is 58.9 Å². The number of anilines is 1. The van der Waals surface area contributed by atoms with E-state index in [2.05, 4.69) is 58.2 Å². The van der Waals surface area contributed by atoms with Crippen molar-refractivity contribution in [2.45, 2.75) is 39.3 Å². The van der Waals surface area contributed by atoms with Crippen molar-refractivity contribution < 1.29 is 4.74 Å². The van der Waals surface area contributed by atoms with Crippen LogP contribution in [0, 0.1) is 5.92 Å². The Morgan fingerprint density at radius 2 is 2.05 bits per heavy atom. The van der Waals surface area contributed by atoms with Gasteiger partial charge < -0.3 is 15.0 Å². The summed E-state index contributed by atoms with van der Waals surface area (Å²) >= 11 is 3.74. The second-order valence-electron chi connectivity index (χ2n) is 6.23. The third-order valence-corrected chi connectivity index (χ3v) is 4.64. The fourth-order valence-corrected chi connectivity index (χ4v) is 3.43. The number of hydrogen-bond acceptors (Lipinski definition) is 3. The molecule has 1 N–H and O–H groups in total. The fourth-order valence-electron chi connectivity index (χ4n) is 2.75. The first kappa shape index (κ1) is 16.8. The first-order valence-corrected chi connectivity index (χ1v) is 8.66. The zero-order valence-electron chi connectivity index (χ0n) is 13.4. The molecule has 3 nitrogen and oxygen atoms in total. The first-order valence-electron chi connectivity index (χ1n) is 7.87. The van der Waals surface area contributed by atoms with Crippen molar-refractivity contribution in [3.05, 3.63) is 28.2 Å². The monoisotopic (exact) mass is 354 g/mol. The highest BCUT2D eigenvalue weighted by atomic mass is 79.9. The van der Waals surface area contributed by atoms with Gasteiger partial charge in [-0.2, -0.15) is 0 Å². The van der Waals surface area contributed by atoms with Crippen molar-refractivity contribution in [2.24, 2.45) is 5.92 Å². The van der Waals surface area contributed by atoms with Gasteiger partial charge in [0.15, 0.2) is 0 Å². The molecule has 0 aliphatic carbocycles. The van der Waals surface area contributed by atoms with Crippen LogP contribution in [0.2, 0.25) is 0 Å². The molecule has 0 unspecified atom stereocenters. The van der Waals surface area contributed by atoms with Crippen molar-refractivity contribution >= 4 is 21.6 Å². The lowest BCUT2D eigenvalue weighted by molar-refractivity contribution is 0.0819. The molecule has 1 aliphatic rings. The normalized spacial score (nSPS) is 16.7. The summed E-state index contributed by atoms with van der Waals surface area (Å²) in [5.41, 5.74) is 2.63. The Labute approximate surface area is 137 Å². The molecule has 0 aromatic heterocycles. The Morgan fingerprint density at radius 1 is 1.33 bits per heavy atom. The molecule has 0 bridgehead atoms. The molecule has 0 amide bonds. The molecule has 1 aromatic carbocycles. The number of halogens is 1. The Hall–Kier alpha value is -0.580. The van der Waals surface area contributed by atoms with Gasteiger partial charge in [-0.25, -0.2) is 0 Å². The highest BCUT2D eigenvalue weighted by molar-refractivity contribution is 9.10. The lowest BCUT2D eigenvalue weighted by Crippen LogP contribution is -2.36. The van der Waals surface area contributed by atoms with E-state index in [9.17, 15) is 0 Å². The minimum atomic E-state index is 0.430. The summed E-state index contributed by atoms with van der Waals surface area (Å²) in [6, 6.07) is 6.71. The number of nitrogens with zero attached hydrogens (tertiary/aromatic N) is 1. The van der Waals surface area contributed by atoms with Gasteiger partial charge in [-0.1, -0.05) is 19.9 Å². The molecule has 1 aromatic rings. The Balaban J connectivity index is 1.93. The van der Waals surface area contributed by atoms with Crippen LogP contribution in [0.25, 0.3) is 0 Å². The second-order valence-corrected chi connectivity index (χ2v) is 7.09. The third-order valence-electron chi connectivity index (χ3n) is 4.01. The molecule has 0 radical (unpaired) electrons. The van der Waals surface area contributed by atoms with E-state index in [1.165, 1.54) is 15.7 Å². The van der Waals surface area contributed by atoms with Crippen LogP contribution in [0.4, 0.5) is 5.69 Å². The number of ether oxygens (including phenoxy) is 1. The summed E-state index contributed by atoms with van der Waals surface area (Å²) in [7, 11) is 1.81. The first-order chi connectivity index (χ1) is 10.1. The van der Waals surface area contributed by atoms with Crippen LogP contribution in [-0.2, 0) is 11.3 Å². The van der Waals surface area contributed by atoms with Gasteiger partial charge >= 0.3 is 0 Å². The fraction of sp³-hybridized carbons (Fsp3) is 0.647. The van der Waals surface area contributed by atoms with E-state index in [-0.39, 0.29) is 0 Å². The van der Waals surface area contributed by atoms with Crippen molar-refractivity contribution in [1.29, 1.82) is 0 Å². The maximum atomic E-state index is 5.44. The van der Waals surface area contributed by atoms with Gasteiger partial charge in [-0.15, -0.1) is 0 Å².